The molecule has 1 aromatic heterocycles. The van der Waals surface area contributed by atoms with Gasteiger partial charge in [0.2, 0.25) is 0 Å². The molecule has 0 spiro atoms. The van der Waals surface area contributed by atoms with E-state index in [1.54, 1.807) is 0 Å². The Morgan fingerprint density at radius 2 is 1.94 bits per heavy atom. The summed E-state index contributed by atoms with van der Waals surface area (Å²) in [5, 5.41) is 0. The van der Waals surface area contributed by atoms with Crippen molar-refractivity contribution in [3.05, 3.63) is 63.9 Å². The lowest BCUT2D eigenvalue weighted by Crippen LogP contribution is -2.15. The zero-order valence-electron chi connectivity index (χ0n) is 9.73. The number of pyridine rings is 1. The number of rotatable bonds is 3. The van der Waals surface area contributed by atoms with Gasteiger partial charge in [0.25, 0.3) is 0 Å². The molecule has 2 N–H and O–H groups in total. The highest BCUT2D eigenvalue weighted by molar-refractivity contribution is 9.10. The van der Waals surface area contributed by atoms with Crippen molar-refractivity contribution < 1.29 is 0 Å². The number of hydrogen-bond acceptors (Lipinski definition) is 2. The number of aromatic nitrogens is 1. The molecule has 1 unspecified atom stereocenters. The van der Waals surface area contributed by atoms with Crippen molar-refractivity contribution in [3.63, 3.8) is 0 Å². The van der Waals surface area contributed by atoms with Crippen LogP contribution in [0.3, 0.4) is 0 Å². The van der Waals surface area contributed by atoms with E-state index in [1.807, 2.05) is 43.3 Å². The van der Waals surface area contributed by atoms with E-state index in [9.17, 15) is 0 Å². The van der Waals surface area contributed by atoms with Crippen LogP contribution in [-0.2, 0) is 6.42 Å². The molecule has 0 bridgehead atoms. The largest absolute Gasteiger partial charge is 0.322 e. The summed E-state index contributed by atoms with van der Waals surface area (Å²) in [6.45, 7) is 1.98. The fourth-order valence-electron chi connectivity index (χ4n) is 1.78. The van der Waals surface area contributed by atoms with Gasteiger partial charge in [0, 0.05) is 10.2 Å². The van der Waals surface area contributed by atoms with E-state index < -0.39 is 0 Å². The minimum absolute atomic E-state index is 0.0615. The third kappa shape index (κ3) is 3.14. The molecule has 88 valence electrons. The van der Waals surface area contributed by atoms with Gasteiger partial charge in [-0.15, -0.1) is 0 Å². The first-order valence-corrected chi connectivity index (χ1v) is 6.38. The van der Waals surface area contributed by atoms with Crippen LogP contribution in [0.25, 0.3) is 0 Å². The minimum Gasteiger partial charge on any atom is -0.322 e. The van der Waals surface area contributed by atoms with Gasteiger partial charge in [0.1, 0.15) is 0 Å². The van der Waals surface area contributed by atoms with E-state index in [-0.39, 0.29) is 6.04 Å². The van der Waals surface area contributed by atoms with Crippen LogP contribution in [0.15, 0.2) is 46.9 Å². The van der Waals surface area contributed by atoms with Crippen molar-refractivity contribution in [2.45, 2.75) is 19.4 Å². The van der Waals surface area contributed by atoms with Gasteiger partial charge in [0.05, 0.1) is 11.7 Å². The Kier molecular flexibility index (Phi) is 3.92. The summed E-state index contributed by atoms with van der Waals surface area (Å²) >= 11 is 3.54. The average Bonchev–Trinajstić information content (AvgIpc) is 2.32. The number of aryl methyl sites for hydroxylation is 1. The van der Waals surface area contributed by atoms with Crippen molar-refractivity contribution in [3.8, 4) is 0 Å². The first kappa shape index (κ1) is 12.3. The Balaban J connectivity index is 2.17. The van der Waals surface area contributed by atoms with Crippen LogP contribution < -0.4 is 5.73 Å². The normalized spacial score (nSPS) is 12.4. The zero-order valence-corrected chi connectivity index (χ0v) is 11.3. The summed E-state index contributed by atoms with van der Waals surface area (Å²) < 4.78 is 1.10. The van der Waals surface area contributed by atoms with E-state index >= 15 is 0 Å². The number of hydrogen-bond donors (Lipinski definition) is 1. The van der Waals surface area contributed by atoms with E-state index in [0.717, 1.165) is 22.3 Å². The molecule has 0 amide bonds. The monoisotopic (exact) mass is 290 g/mol. The smallest absolute Gasteiger partial charge is 0.0577 e. The maximum atomic E-state index is 6.18. The van der Waals surface area contributed by atoms with Crippen molar-refractivity contribution in [1.82, 2.24) is 4.98 Å². The van der Waals surface area contributed by atoms with Crippen LogP contribution >= 0.6 is 15.9 Å². The van der Waals surface area contributed by atoms with Gasteiger partial charge in [-0.05, 0) is 37.1 Å². The van der Waals surface area contributed by atoms with Gasteiger partial charge < -0.3 is 5.73 Å². The van der Waals surface area contributed by atoms with Crippen molar-refractivity contribution in [1.29, 1.82) is 0 Å². The summed E-state index contributed by atoms with van der Waals surface area (Å²) in [5.74, 6) is 0. The van der Waals surface area contributed by atoms with Gasteiger partial charge in [0.15, 0.2) is 0 Å². The van der Waals surface area contributed by atoms with Gasteiger partial charge in [-0.3, -0.25) is 4.98 Å². The molecule has 2 nitrogen and oxygen atoms in total. The molecule has 1 aromatic carbocycles. The fourth-order valence-corrected chi connectivity index (χ4v) is 2.22. The summed E-state index contributed by atoms with van der Waals surface area (Å²) in [4.78, 5) is 4.46. The molecule has 0 aliphatic heterocycles. The highest BCUT2D eigenvalue weighted by Crippen LogP contribution is 2.21. The van der Waals surface area contributed by atoms with Gasteiger partial charge in [-0.25, -0.2) is 0 Å². The lowest BCUT2D eigenvalue weighted by atomic mass is 10.0. The first-order chi connectivity index (χ1) is 8.16. The van der Waals surface area contributed by atoms with E-state index in [4.69, 9.17) is 5.73 Å². The standard InChI is InChI=1S/C14H15BrN2/c1-10-5-4-8-14(17-10)13(16)9-11-6-2-3-7-12(11)15/h2-8,13H,9,16H2,1H3. The summed E-state index contributed by atoms with van der Waals surface area (Å²) in [6, 6.07) is 14.0. The highest BCUT2D eigenvalue weighted by atomic mass is 79.9. The molecule has 3 heteroatoms. The number of nitrogens with two attached hydrogens (primary N) is 1. The number of nitrogens with zero attached hydrogens (tertiary/aromatic N) is 1. The van der Waals surface area contributed by atoms with Crippen molar-refractivity contribution >= 4 is 15.9 Å². The van der Waals surface area contributed by atoms with E-state index in [1.165, 1.54) is 5.56 Å². The van der Waals surface area contributed by atoms with Crippen LogP contribution in [0.1, 0.15) is 23.0 Å². The molecule has 1 atom stereocenters. The molecule has 2 aromatic rings. The SMILES string of the molecule is Cc1cccc(C(N)Cc2ccccc2Br)n1. The summed E-state index contributed by atoms with van der Waals surface area (Å²) in [5.41, 5.74) is 9.34. The molecule has 0 fully saturated rings. The molecule has 0 saturated heterocycles. The average molecular weight is 291 g/mol. The number of benzene rings is 1. The van der Waals surface area contributed by atoms with Crippen molar-refractivity contribution in [2.75, 3.05) is 0 Å². The van der Waals surface area contributed by atoms with Crippen LogP contribution in [0.5, 0.6) is 0 Å². The molecular weight excluding hydrogens is 276 g/mol. The maximum Gasteiger partial charge on any atom is 0.0577 e. The van der Waals surface area contributed by atoms with Gasteiger partial charge in [-0.2, -0.15) is 0 Å². The van der Waals surface area contributed by atoms with Gasteiger partial charge in [-0.1, -0.05) is 40.2 Å². The topological polar surface area (TPSA) is 38.9 Å². The van der Waals surface area contributed by atoms with Crippen LogP contribution in [0.2, 0.25) is 0 Å². The third-order valence-corrected chi connectivity index (χ3v) is 3.46. The Hall–Kier alpha value is -1.19. The van der Waals surface area contributed by atoms with Crippen LogP contribution in [-0.4, -0.2) is 4.98 Å². The molecule has 2 rings (SSSR count). The second kappa shape index (κ2) is 5.43. The molecule has 0 aliphatic carbocycles. The summed E-state index contributed by atoms with van der Waals surface area (Å²) in [6.07, 6.45) is 0.790. The number of halogens is 1. The molecular formula is C14H15BrN2. The predicted molar refractivity (Wildman–Crippen MR) is 73.7 cm³/mol. The Morgan fingerprint density at radius 3 is 2.65 bits per heavy atom. The second-order valence-corrected chi connectivity index (χ2v) is 4.96. The molecule has 17 heavy (non-hydrogen) atoms. The van der Waals surface area contributed by atoms with E-state index in [0.29, 0.717) is 0 Å². The second-order valence-electron chi connectivity index (χ2n) is 4.11. The molecule has 0 saturated carbocycles. The molecule has 0 aliphatic rings. The van der Waals surface area contributed by atoms with Crippen molar-refractivity contribution in [2.24, 2.45) is 5.73 Å². The Morgan fingerprint density at radius 1 is 1.18 bits per heavy atom. The van der Waals surface area contributed by atoms with Gasteiger partial charge >= 0.3 is 0 Å². The van der Waals surface area contributed by atoms with E-state index in [2.05, 4.69) is 27.0 Å². The molecule has 0 radical (unpaired) electrons. The molecule has 1 heterocycles. The maximum absolute atomic E-state index is 6.18. The Labute approximate surface area is 110 Å². The lowest BCUT2D eigenvalue weighted by Gasteiger charge is -2.12. The highest BCUT2D eigenvalue weighted by Gasteiger charge is 2.10. The quantitative estimate of drug-likeness (QED) is 0.941. The Bertz CT molecular complexity index is 511. The minimum atomic E-state index is -0.0615. The third-order valence-electron chi connectivity index (χ3n) is 2.69. The first-order valence-electron chi connectivity index (χ1n) is 5.59. The fraction of sp³-hybridized carbons (Fsp3) is 0.214. The zero-order chi connectivity index (χ0) is 12.3. The lowest BCUT2D eigenvalue weighted by molar-refractivity contribution is 0.692. The predicted octanol–water partition coefficient (Wildman–Crippen LogP) is 3.40. The summed E-state index contributed by atoms with van der Waals surface area (Å²) in [7, 11) is 0. The van der Waals surface area contributed by atoms with Crippen LogP contribution in [0, 0.1) is 6.92 Å². The van der Waals surface area contributed by atoms with Crippen LogP contribution in [0.4, 0.5) is 0 Å².